The largest absolute Gasteiger partial charge is 0.301 e. The standard InChI is InChI=1S/C21H17N5OS2/c1-14(19(27)24-20-22-12-13-28-20)29-21-23-17(15-8-4-2-5-9-15)18(25-26-21)16-10-6-3-7-11-16/h2-14H,1H3,(H,22,24,27)/t14-/m1/s1. The van der Waals surface area contributed by atoms with E-state index in [0.29, 0.717) is 16.0 Å². The van der Waals surface area contributed by atoms with Gasteiger partial charge >= 0.3 is 0 Å². The van der Waals surface area contributed by atoms with Crippen molar-refractivity contribution in [3.8, 4) is 22.5 Å². The van der Waals surface area contributed by atoms with Crippen LogP contribution in [-0.2, 0) is 4.79 Å². The minimum absolute atomic E-state index is 0.151. The van der Waals surface area contributed by atoms with Crippen LogP contribution in [0.4, 0.5) is 5.13 Å². The summed E-state index contributed by atoms with van der Waals surface area (Å²) < 4.78 is 0. The number of amides is 1. The molecule has 0 saturated carbocycles. The Morgan fingerprint density at radius 3 is 2.24 bits per heavy atom. The van der Waals surface area contributed by atoms with Gasteiger partial charge in [0, 0.05) is 22.7 Å². The number of rotatable bonds is 6. The van der Waals surface area contributed by atoms with Gasteiger partial charge < -0.3 is 5.32 Å². The van der Waals surface area contributed by atoms with Gasteiger partial charge in [-0.05, 0) is 6.92 Å². The normalized spacial score (nSPS) is 11.8. The van der Waals surface area contributed by atoms with Crippen molar-refractivity contribution < 1.29 is 4.79 Å². The van der Waals surface area contributed by atoms with Crippen molar-refractivity contribution in [3.05, 3.63) is 72.2 Å². The van der Waals surface area contributed by atoms with E-state index in [-0.39, 0.29) is 5.91 Å². The van der Waals surface area contributed by atoms with Crippen LogP contribution in [0.15, 0.2) is 77.4 Å². The maximum Gasteiger partial charge on any atom is 0.239 e. The average Bonchev–Trinajstić information content (AvgIpc) is 3.28. The molecule has 2 heterocycles. The van der Waals surface area contributed by atoms with Crippen molar-refractivity contribution in [1.82, 2.24) is 20.2 Å². The molecule has 29 heavy (non-hydrogen) atoms. The Hall–Kier alpha value is -3.10. The Labute approximate surface area is 176 Å². The maximum absolute atomic E-state index is 12.4. The van der Waals surface area contributed by atoms with Gasteiger partial charge in [-0.25, -0.2) is 9.97 Å². The van der Waals surface area contributed by atoms with Gasteiger partial charge in [0.05, 0.1) is 5.25 Å². The van der Waals surface area contributed by atoms with Gasteiger partial charge in [0.1, 0.15) is 11.4 Å². The zero-order valence-corrected chi connectivity index (χ0v) is 17.2. The molecule has 144 valence electrons. The summed E-state index contributed by atoms with van der Waals surface area (Å²) in [5.74, 6) is -0.151. The van der Waals surface area contributed by atoms with Crippen LogP contribution < -0.4 is 5.32 Å². The second-order valence-corrected chi connectivity index (χ2v) is 8.31. The van der Waals surface area contributed by atoms with Gasteiger partial charge in [-0.3, -0.25) is 4.79 Å². The van der Waals surface area contributed by atoms with Crippen LogP contribution >= 0.6 is 23.1 Å². The van der Waals surface area contributed by atoms with Gasteiger partial charge in [0.15, 0.2) is 5.13 Å². The molecule has 0 radical (unpaired) electrons. The lowest BCUT2D eigenvalue weighted by molar-refractivity contribution is -0.115. The van der Waals surface area contributed by atoms with E-state index in [1.165, 1.54) is 23.1 Å². The molecule has 4 aromatic rings. The molecule has 0 bridgehead atoms. The summed E-state index contributed by atoms with van der Waals surface area (Å²) in [6, 6.07) is 19.7. The van der Waals surface area contributed by atoms with Crippen LogP contribution in [0.1, 0.15) is 6.92 Å². The second-order valence-electron chi connectivity index (χ2n) is 6.11. The van der Waals surface area contributed by atoms with E-state index in [1.54, 1.807) is 6.20 Å². The summed E-state index contributed by atoms with van der Waals surface area (Å²) in [5, 5.41) is 13.9. The monoisotopic (exact) mass is 419 g/mol. The molecular weight excluding hydrogens is 402 g/mol. The fourth-order valence-electron chi connectivity index (χ4n) is 2.65. The number of carbonyl (C=O) groups is 1. The smallest absolute Gasteiger partial charge is 0.239 e. The molecule has 0 aliphatic heterocycles. The molecule has 2 aromatic heterocycles. The van der Waals surface area contributed by atoms with Crippen LogP contribution in [0.5, 0.6) is 0 Å². The van der Waals surface area contributed by atoms with E-state index in [1.807, 2.05) is 73.0 Å². The van der Waals surface area contributed by atoms with E-state index in [9.17, 15) is 4.79 Å². The molecule has 0 aliphatic rings. The SMILES string of the molecule is C[C@@H](Sc1nnc(-c2ccccc2)c(-c2ccccc2)n1)C(=O)Nc1nccs1. The lowest BCUT2D eigenvalue weighted by Crippen LogP contribution is -2.22. The summed E-state index contributed by atoms with van der Waals surface area (Å²) in [7, 11) is 0. The number of carbonyl (C=O) groups excluding carboxylic acids is 1. The van der Waals surface area contributed by atoms with E-state index < -0.39 is 5.25 Å². The van der Waals surface area contributed by atoms with Crippen molar-refractivity contribution >= 4 is 34.1 Å². The van der Waals surface area contributed by atoms with Gasteiger partial charge in [0.2, 0.25) is 11.1 Å². The average molecular weight is 420 g/mol. The molecule has 0 saturated heterocycles. The Balaban J connectivity index is 1.62. The molecule has 0 unspecified atom stereocenters. The molecule has 4 rings (SSSR count). The number of anilines is 1. The number of thioether (sulfide) groups is 1. The lowest BCUT2D eigenvalue weighted by Gasteiger charge is -2.12. The Morgan fingerprint density at radius 2 is 1.62 bits per heavy atom. The molecular formula is C21H17N5OS2. The molecule has 1 amide bonds. The number of aromatic nitrogens is 4. The number of benzene rings is 2. The maximum atomic E-state index is 12.4. The molecule has 0 spiro atoms. The van der Waals surface area contributed by atoms with Gasteiger partial charge in [0.25, 0.3) is 0 Å². The summed E-state index contributed by atoms with van der Waals surface area (Å²) in [5.41, 5.74) is 3.34. The lowest BCUT2D eigenvalue weighted by atomic mass is 10.0. The quantitative estimate of drug-likeness (QED) is 0.453. The third-order valence-electron chi connectivity index (χ3n) is 4.08. The van der Waals surface area contributed by atoms with E-state index in [0.717, 1.165) is 16.8 Å². The Bertz CT molecular complexity index is 1090. The predicted octanol–water partition coefficient (Wildman–Crippen LogP) is 4.78. The Kier molecular flexibility index (Phi) is 5.92. The minimum atomic E-state index is -0.396. The fraction of sp³-hybridized carbons (Fsp3) is 0.0952. The first-order valence-corrected chi connectivity index (χ1v) is 10.7. The van der Waals surface area contributed by atoms with Gasteiger partial charge in [-0.15, -0.1) is 21.5 Å². The zero-order valence-electron chi connectivity index (χ0n) is 15.5. The first-order chi connectivity index (χ1) is 14.2. The van der Waals surface area contributed by atoms with Gasteiger partial charge in [-0.1, -0.05) is 72.4 Å². The molecule has 6 nitrogen and oxygen atoms in total. The number of thiazole rings is 1. The van der Waals surface area contributed by atoms with E-state index in [4.69, 9.17) is 4.98 Å². The highest BCUT2D eigenvalue weighted by Crippen LogP contribution is 2.30. The van der Waals surface area contributed by atoms with Crippen molar-refractivity contribution in [2.75, 3.05) is 5.32 Å². The molecule has 1 N–H and O–H groups in total. The Morgan fingerprint density at radius 1 is 0.966 bits per heavy atom. The van der Waals surface area contributed by atoms with Crippen LogP contribution in [-0.4, -0.2) is 31.3 Å². The highest BCUT2D eigenvalue weighted by Gasteiger charge is 2.19. The molecule has 0 aliphatic carbocycles. The van der Waals surface area contributed by atoms with Crippen molar-refractivity contribution in [2.24, 2.45) is 0 Å². The first kappa shape index (κ1) is 19.2. The van der Waals surface area contributed by atoms with E-state index in [2.05, 4.69) is 20.5 Å². The highest BCUT2D eigenvalue weighted by molar-refractivity contribution is 8.00. The van der Waals surface area contributed by atoms with Crippen molar-refractivity contribution in [2.45, 2.75) is 17.3 Å². The third kappa shape index (κ3) is 4.67. The van der Waals surface area contributed by atoms with Crippen molar-refractivity contribution in [1.29, 1.82) is 0 Å². The highest BCUT2D eigenvalue weighted by atomic mass is 32.2. The predicted molar refractivity (Wildman–Crippen MR) is 117 cm³/mol. The summed E-state index contributed by atoms with van der Waals surface area (Å²) in [6.45, 7) is 1.81. The molecule has 1 atom stereocenters. The van der Waals surface area contributed by atoms with Crippen LogP contribution in [0.3, 0.4) is 0 Å². The zero-order chi connectivity index (χ0) is 20.1. The van der Waals surface area contributed by atoms with Crippen molar-refractivity contribution in [3.63, 3.8) is 0 Å². The molecule has 0 fully saturated rings. The number of nitrogens with zero attached hydrogens (tertiary/aromatic N) is 4. The second kappa shape index (κ2) is 8.93. The van der Waals surface area contributed by atoms with Gasteiger partial charge in [-0.2, -0.15) is 0 Å². The number of hydrogen-bond donors (Lipinski definition) is 1. The molecule has 8 heteroatoms. The van der Waals surface area contributed by atoms with Crippen LogP contribution in [0.25, 0.3) is 22.5 Å². The summed E-state index contributed by atoms with van der Waals surface area (Å²) >= 11 is 2.64. The fourth-order valence-corrected chi connectivity index (χ4v) is 3.90. The first-order valence-electron chi connectivity index (χ1n) is 8.93. The third-order valence-corrected chi connectivity index (χ3v) is 5.72. The van der Waals surface area contributed by atoms with Crippen LogP contribution in [0.2, 0.25) is 0 Å². The molecule has 2 aromatic carbocycles. The van der Waals surface area contributed by atoms with Crippen LogP contribution in [0, 0.1) is 0 Å². The summed E-state index contributed by atoms with van der Waals surface area (Å²) in [6.07, 6.45) is 1.65. The minimum Gasteiger partial charge on any atom is -0.301 e. The number of hydrogen-bond acceptors (Lipinski definition) is 7. The summed E-state index contributed by atoms with van der Waals surface area (Å²) in [4.78, 5) is 21.2. The number of nitrogens with one attached hydrogen (secondary N) is 1. The topological polar surface area (TPSA) is 80.7 Å². The van der Waals surface area contributed by atoms with E-state index >= 15 is 0 Å².